The maximum absolute atomic E-state index is 9.88. The predicted octanol–water partition coefficient (Wildman–Crippen LogP) is -3.09. The molecule has 0 spiro atoms. The maximum atomic E-state index is 9.88. The van der Waals surface area contributed by atoms with Gasteiger partial charge in [-0.3, -0.25) is 0 Å². The summed E-state index contributed by atoms with van der Waals surface area (Å²) in [6.45, 7) is 14.1. The Morgan fingerprint density at radius 2 is 0.556 bits per heavy atom. The lowest BCUT2D eigenvalue weighted by molar-refractivity contribution is -0.228. The fourth-order valence-corrected chi connectivity index (χ4v) is 9.94. The van der Waals surface area contributed by atoms with E-state index in [1.165, 1.54) is 0 Å². The highest BCUT2D eigenvalue weighted by atomic mass is 16.6. The van der Waals surface area contributed by atoms with Crippen molar-refractivity contribution < 1.29 is 120 Å². The van der Waals surface area contributed by atoms with Gasteiger partial charge >= 0.3 is 0 Å². The van der Waals surface area contributed by atoms with Crippen LogP contribution in [-0.2, 0) is 28.4 Å². The molecule has 6 fully saturated rings. The van der Waals surface area contributed by atoms with Crippen molar-refractivity contribution in [2.75, 3.05) is 39.5 Å². The SMILES string of the molecule is CC(C)C1OC(CN=[N+]=[N-])C(O)C(O)C1O.CC(C)C1OC(CO)C(N=[N+]=[N-])C(O)C1O.CC(C)C1OC(CO)C(O)C(N=[N+]=[N-])C1O.CC1OC(CN=[N+]=[N-])C(O)C(O)C1O.CC1OC(CO)C(N=[N+]=[N-])C(O)C1O.CC1OC(CO)C(O)C(N=[N+]=[N-])C1O. The van der Waals surface area contributed by atoms with Crippen LogP contribution in [0.25, 0.3) is 62.7 Å². The molecule has 0 bridgehead atoms. The minimum atomic E-state index is -1.28. The number of azide groups is 6. The number of hydrogen-bond donors (Lipinski definition) is 18. The fourth-order valence-electron chi connectivity index (χ4n) is 9.94. The summed E-state index contributed by atoms with van der Waals surface area (Å²) < 4.78 is 31.6. The van der Waals surface area contributed by atoms with Gasteiger partial charge in [0.2, 0.25) is 0 Å². The van der Waals surface area contributed by atoms with Crippen molar-refractivity contribution in [2.45, 2.75) is 245 Å². The molecule has 0 saturated carbocycles. The molecule has 0 aromatic carbocycles. The first-order chi connectivity index (χ1) is 42.3. The van der Waals surface area contributed by atoms with E-state index in [-0.39, 0.29) is 57.3 Å². The Balaban J connectivity index is 0.000000541. The van der Waals surface area contributed by atoms with Gasteiger partial charge in [-0.1, -0.05) is 72.2 Å². The van der Waals surface area contributed by atoms with Gasteiger partial charge in [-0.2, -0.15) is 0 Å². The molecule has 30 unspecified atom stereocenters. The van der Waals surface area contributed by atoms with Crippen LogP contribution in [0.5, 0.6) is 0 Å². The average molecular weight is 1300 g/mol. The molecule has 42 nitrogen and oxygen atoms in total. The third kappa shape index (κ3) is 23.2. The summed E-state index contributed by atoms with van der Waals surface area (Å²) in [5, 5.41) is 190. The van der Waals surface area contributed by atoms with Gasteiger partial charge in [-0.05, 0) is 71.7 Å². The van der Waals surface area contributed by atoms with E-state index in [0.717, 1.165) is 0 Å². The van der Waals surface area contributed by atoms with E-state index in [9.17, 15) is 71.5 Å². The molecule has 0 amide bonds. The molecule has 6 aliphatic rings. The third-order valence-electron chi connectivity index (χ3n) is 15.2. The second kappa shape index (κ2) is 41.5. The van der Waals surface area contributed by atoms with E-state index in [0.29, 0.717) is 0 Å². The van der Waals surface area contributed by atoms with Crippen molar-refractivity contribution in [1.82, 2.24) is 0 Å². The largest absolute Gasteiger partial charge is 0.394 e. The van der Waals surface area contributed by atoms with Crippen LogP contribution in [0, 0.1) is 17.8 Å². The summed E-state index contributed by atoms with van der Waals surface area (Å²) in [4.78, 5) is 15.3. The number of hydrogen-bond acceptors (Lipinski definition) is 30. The maximum Gasteiger partial charge on any atom is 0.111 e. The Morgan fingerprint density at radius 1 is 0.289 bits per heavy atom. The molecule has 0 aromatic heterocycles. The highest BCUT2D eigenvalue weighted by Crippen LogP contribution is 2.31. The molecule has 90 heavy (non-hydrogen) atoms. The van der Waals surface area contributed by atoms with Crippen molar-refractivity contribution in [1.29, 1.82) is 0 Å². The van der Waals surface area contributed by atoms with Gasteiger partial charge in [0.25, 0.3) is 0 Å². The Kier molecular flexibility index (Phi) is 38.2. The third-order valence-corrected chi connectivity index (χ3v) is 15.2. The molecular formula is C48H90N18O24. The van der Waals surface area contributed by atoms with Gasteiger partial charge in [0.05, 0.1) is 161 Å². The van der Waals surface area contributed by atoms with E-state index in [1.807, 2.05) is 41.5 Å². The Morgan fingerprint density at radius 3 is 0.944 bits per heavy atom. The number of rotatable bonds is 15. The molecule has 42 heteroatoms. The lowest BCUT2D eigenvalue weighted by atomic mass is 9.88. The Hall–Kier alpha value is -5.10. The van der Waals surface area contributed by atoms with Gasteiger partial charge in [0.1, 0.15) is 61.0 Å². The van der Waals surface area contributed by atoms with Crippen LogP contribution in [0.1, 0.15) is 62.3 Å². The molecule has 18 N–H and O–H groups in total. The van der Waals surface area contributed by atoms with E-state index in [4.69, 9.17) is 82.0 Å². The summed E-state index contributed by atoms with van der Waals surface area (Å²) in [5.41, 5.74) is 49.4. The molecule has 6 heterocycles. The molecule has 0 radical (unpaired) electrons. The lowest BCUT2D eigenvalue weighted by Gasteiger charge is -2.42. The highest BCUT2D eigenvalue weighted by molar-refractivity contribution is 5.01. The first-order valence-electron chi connectivity index (χ1n) is 28.4. The van der Waals surface area contributed by atoms with Crippen LogP contribution < -0.4 is 0 Å². The standard InChI is InChI=1S/3C9H17N3O4.3C7H13N3O4/c1-4(2)9-8(15)6(11-12-10)7(14)5(3-13)16-9;1-4(2)9-8(15)7(14)6(11-12-10)5(3-13)16-9;1-4(2)9-8(15)7(14)6(13)5(16-9)3-11-12-10;1-3-6(12)5(9-10-8)7(13)4(2-11)14-3;1-3-6(12)7(13)5(9-10-8)4(2-11)14-3;1-3-5(11)7(13)6(12)4(14-3)2-9-10-8/h3*4-9,13-15H,3H2,1-2H3;3*3-7,11-13H,2H2,1H3. The minimum Gasteiger partial charge on any atom is -0.394 e. The molecular weight excluding hydrogens is 1210 g/mol. The number of nitrogens with zero attached hydrogens (tertiary/aromatic N) is 18. The highest BCUT2D eigenvalue weighted by Gasteiger charge is 2.48. The van der Waals surface area contributed by atoms with Gasteiger partial charge in [-0.15, -0.1) is 0 Å². The normalized spacial score (nSPS) is 41.1. The Labute approximate surface area is 515 Å². The van der Waals surface area contributed by atoms with Crippen LogP contribution >= 0.6 is 0 Å². The summed E-state index contributed by atoms with van der Waals surface area (Å²) in [5.74, 6) is -0.0237. The summed E-state index contributed by atoms with van der Waals surface area (Å²) >= 11 is 0. The second-order valence-electron chi connectivity index (χ2n) is 22.5. The second-order valence-corrected chi connectivity index (χ2v) is 22.5. The van der Waals surface area contributed by atoms with Gasteiger partial charge in [-0.25, -0.2) is 0 Å². The van der Waals surface area contributed by atoms with E-state index >= 15 is 0 Å². The first-order valence-corrected chi connectivity index (χ1v) is 28.4. The zero-order valence-electron chi connectivity index (χ0n) is 50.8. The van der Waals surface area contributed by atoms with Crippen molar-refractivity contribution in [3.05, 3.63) is 62.7 Å². The van der Waals surface area contributed by atoms with Crippen LogP contribution in [0.15, 0.2) is 30.7 Å². The molecule has 516 valence electrons. The average Bonchev–Trinajstić information content (AvgIpc) is 1.05. The van der Waals surface area contributed by atoms with E-state index in [2.05, 4.69) is 60.2 Å². The minimum absolute atomic E-state index is 0.00653. The van der Waals surface area contributed by atoms with Gasteiger partial charge < -0.3 is 120 Å². The summed E-state index contributed by atoms with van der Waals surface area (Å²) in [6, 6.07) is -3.86. The zero-order chi connectivity index (χ0) is 69.0. The molecule has 6 aliphatic heterocycles. The van der Waals surface area contributed by atoms with Crippen molar-refractivity contribution >= 4 is 0 Å². The molecule has 0 aliphatic carbocycles. The van der Waals surface area contributed by atoms with Crippen LogP contribution in [0.3, 0.4) is 0 Å². The zero-order valence-corrected chi connectivity index (χ0v) is 50.8. The topological polar surface area (TPSA) is 712 Å². The van der Waals surface area contributed by atoms with Crippen molar-refractivity contribution in [3.8, 4) is 0 Å². The Bertz CT molecular complexity index is 2350. The lowest BCUT2D eigenvalue weighted by Crippen LogP contribution is -2.59. The van der Waals surface area contributed by atoms with Gasteiger partial charge in [0.15, 0.2) is 0 Å². The van der Waals surface area contributed by atoms with Gasteiger partial charge in [0, 0.05) is 29.5 Å². The van der Waals surface area contributed by atoms with Crippen LogP contribution in [-0.4, -0.2) is 314 Å². The molecule has 6 rings (SSSR count). The molecule has 30 atom stereocenters. The van der Waals surface area contributed by atoms with E-state index < -0.39 is 183 Å². The monoisotopic (exact) mass is 1300 g/mol. The summed E-state index contributed by atoms with van der Waals surface area (Å²) in [7, 11) is 0. The van der Waals surface area contributed by atoms with Crippen molar-refractivity contribution in [2.24, 2.45) is 48.4 Å². The number of ether oxygens (including phenoxy) is 6. The van der Waals surface area contributed by atoms with Crippen molar-refractivity contribution in [3.63, 3.8) is 0 Å². The van der Waals surface area contributed by atoms with Crippen LogP contribution in [0.2, 0.25) is 0 Å². The number of aliphatic hydroxyl groups excluding tert-OH is 18. The smallest absolute Gasteiger partial charge is 0.111 e. The quantitative estimate of drug-likeness (QED) is 0.0439. The fraction of sp³-hybridized carbons (Fsp3) is 1.00. The van der Waals surface area contributed by atoms with Crippen LogP contribution in [0.4, 0.5) is 0 Å². The molecule has 6 saturated heterocycles. The summed E-state index contributed by atoms with van der Waals surface area (Å²) in [6.07, 6.45) is -24.6. The molecule has 0 aromatic rings. The number of aliphatic hydroxyl groups is 18. The first kappa shape index (κ1) is 82.9. The van der Waals surface area contributed by atoms with E-state index in [1.54, 1.807) is 20.8 Å². The predicted molar refractivity (Wildman–Crippen MR) is 306 cm³/mol.